The summed E-state index contributed by atoms with van der Waals surface area (Å²) in [4.78, 5) is 11.8. The molecule has 2 aromatic rings. The summed E-state index contributed by atoms with van der Waals surface area (Å²) in [6.45, 7) is 8.68. The van der Waals surface area contributed by atoms with Gasteiger partial charge in [0, 0.05) is 19.6 Å². The SMILES string of the molecule is CC(C)(C)c1ccc(OCCCNC(=O)NCc2cccc(CN)c2)cc1. The fourth-order valence-electron chi connectivity index (χ4n) is 2.63. The van der Waals surface area contributed by atoms with Crippen LogP contribution in [0, 0.1) is 0 Å². The minimum absolute atomic E-state index is 0.140. The molecular weight excluding hydrogens is 338 g/mol. The summed E-state index contributed by atoms with van der Waals surface area (Å²) in [6, 6.07) is 15.9. The Labute approximate surface area is 162 Å². The minimum Gasteiger partial charge on any atom is -0.494 e. The number of benzene rings is 2. The van der Waals surface area contributed by atoms with E-state index < -0.39 is 0 Å². The molecule has 0 aromatic heterocycles. The van der Waals surface area contributed by atoms with Crippen LogP contribution in [0.25, 0.3) is 0 Å². The zero-order chi connectivity index (χ0) is 19.7. The van der Waals surface area contributed by atoms with Crippen molar-refractivity contribution in [3.63, 3.8) is 0 Å². The van der Waals surface area contributed by atoms with Gasteiger partial charge in [0.1, 0.15) is 5.75 Å². The lowest BCUT2D eigenvalue weighted by Crippen LogP contribution is -2.36. The second-order valence-corrected chi connectivity index (χ2v) is 7.61. The molecule has 27 heavy (non-hydrogen) atoms. The van der Waals surface area contributed by atoms with Gasteiger partial charge in [-0.15, -0.1) is 0 Å². The third-order valence-electron chi connectivity index (χ3n) is 4.28. The van der Waals surface area contributed by atoms with E-state index in [0.717, 1.165) is 23.3 Å². The molecule has 0 saturated carbocycles. The van der Waals surface area contributed by atoms with Crippen LogP contribution in [0.1, 0.15) is 43.9 Å². The van der Waals surface area contributed by atoms with Crippen molar-refractivity contribution in [3.05, 3.63) is 65.2 Å². The van der Waals surface area contributed by atoms with E-state index in [1.165, 1.54) is 5.56 Å². The maximum Gasteiger partial charge on any atom is 0.315 e. The zero-order valence-corrected chi connectivity index (χ0v) is 16.5. The van der Waals surface area contributed by atoms with Crippen LogP contribution in [0.2, 0.25) is 0 Å². The molecule has 5 heteroatoms. The Hall–Kier alpha value is -2.53. The number of amides is 2. The summed E-state index contributed by atoms with van der Waals surface area (Å²) in [6.07, 6.45) is 0.747. The third kappa shape index (κ3) is 7.31. The van der Waals surface area contributed by atoms with Crippen molar-refractivity contribution < 1.29 is 9.53 Å². The van der Waals surface area contributed by atoms with Crippen LogP contribution in [0.3, 0.4) is 0 Å². The molecule has 2 aromatic carbocycles. The highest BCUT2D eigenvalue weighted by atomic mass is 16.5. The van der Waals surface area contributed by atoms with Crippen LogP contribution >= 0.6 is 0 Å². The number of hydrogen-bond donors (Lipinski definition) is 3. The first kappa shape index (κ1) is 20.8. The molecule has 146 valence electrons. The van der Waals surface area contributed by atoms with Gasteiger partial charge in [0.2, 0.25) is 0 Å². The molecule has 0 atom stereocenters. The highest BCUT2D eigenvalue weighted by molar-refractivity contribution is 5.73. The number of carbonyl (C=O) groups is 1. The number of rotatable bonds is 8. The molecule has 2 rings (SSSR count). The summed E-state index contributed by atoms with van der Waals surface area (Å²) in [5.74, 6) is 0.854. The van der Waals surface area contributed by atoms with E-state index >= 15 is 0 Å². The summed E-state index contributed by atoms with van der Waals surface area (Å²) in [7, 11) is 0. The first-order valence-electron chi connectivity index (χ1n) is 9.41. The van der Waals surface area contributed by atoms with Crippen LogP contribution in [0.5, 0.6) is 5.75 Å². The van der Waals surface area contributed by atoms with Crippen molar-refractivity contribution in [3.8, 4) is 5.75 Å². The van der Waals surface area contributed by atoms with E-state index in [2.05, 4.69) is 43.5 Å². The summed E-state index contributed by atoms with van der Waals surface area (Å²) >= 11 is 0. The van der Waals surface area contributed by atoms with Crippen LogP contribution in [0.4, 0.5) is 4.79 Å². The maximum atomic E-state index is 11.8. The van der Waals surface area contributed by atoms with E-state index in [1.807, 2.05) is 36.4 Å². The third-order valence-corrected chi connectivity index (χ3v) is 4.28. The summed E-state index contributed by atoms with van der Waals surface area (Å²) < 4.78 is 5.73. The lowest BCUT2D eigenvalue weighted by molar-refractivity contribution is 0.238. The van der Waals surface area contributed by atoms with E-state index in [1.54, 1.807) is 0 Å². The van der Waals surface area contributed by atoms with E-state index in [0.29, 0.717) is 26.2 Å². The quantitative estimate of drug-likeness (QED) is 0.621. The molecule has 0 unspecified atom stereocenters. The number of urea groups is 1. The van der Waals surface area contributed by atoms with Crippen LogP contribution < -0.4 is 21.1 Å². The van der Waals surface area contributed by atoms with Gasteiger partial charge in [-0.2, -0.15) is 0 Å². The molecule has 0 fully saturated rings. The Morgan fingerprint density at radius 2 is 1.74 bits per heavy atom. The van der Waals surface area contributed by atoms with Crippen LogP contribution in [-0.4, -0.2) is 19.2 Å². The number of carbonyl (C=O) groups excluding carboxylic acids is 1. The van der Waals surface area contributed by atoms with Crippen molar-refractivity contribution in [2.45, 2.75) is 45.7 Å². The number of nitrogens with two attached hydrogens (primary N) is 1. The summed E-state index contributed by atoms with van der Waals surface area (Å²) in [5, 5.41) is 5.69. The Morgan fingerprint density at radius 1 is 1.04 bits per heavy atom. The van der Waals surface area contributed by atoms with Crippen molar-refractivity contribution in [2.75, 3.05) is 13.2 Å². The predicted molar refractivity (Wildman–Crippen MR) is 110 cm³/mol. The average molecular weight is 370 g/mol. The number of nitrogens with one attached hydrogen (secondary N) is 2. The van der Waals surface area contributed by atoms with Crippen molar-refractivity contribution in [2.24, 2.45) is 5.73 Å². The molecule has 0 aliphatic heterocycles. The monoisotopic (exact) mass is 369 g/mol. The van der Waals surface area contributed by atoms with Crippen LogP contribution in [0.15, 0.2) is 48.5 Å². The fourth-order valence-corrected chi connectivity index (χ4v) is 2.63. The van der Waals surface area contributed by atoms with E-state index in [-0.39, 0.29) is 11.4 Å². The fraction of sp³-hybridized carbons (Fsp3) is 0.409. The molecule has 0 bridgehead atoms. The van der Waals surface area contributed by atoms with Gasteiger partial charge in [-0.1, -0.05) is 57.2 Å². The second kappa shape index (κ2) is 9.97. The molecule has 0 spiro atoms. The lowest BCUT2D eigenvalue weighted by atomic mass is 9.87. The topological polar surface area (TPSA) is 76.4 Å². The van der Waals surface area contributed by atoms with Crippen molar-refractivity contribution >= 4 is 6.03 Å². The molecule has 0 aliphatic carbocycles. The van der Waals surface area contributed by atoms with E-state index in [9.17, 15) is 4.79 Å². The van der Waals surface area contributed by atoms with Gasteiger partial charge in [-0.05, 0) is 40.7 Å². The molecule has 0 aliphatic rings. The van der Waals surface area contributed by atoms with Gasteiger partial charge < -0.3 is 21.1 Å². The maximum absolute atomic E-state index is 11.8. The van der Waals surface area contributed by atoms with Crippen molar-refractivity contribution in [1.29, 1.82) is 0 Å². The van der Waals surface area contributed by atoms with Crippen LogP contribution in [-0.2, 0) is 18.5 Å². The number of ether oxygens (including phenoxy) is 1. The molecule has 5 nitrogen and oxygen atoms in total. The zero-order valence-electron chi connectivity index (χ0n) is 16.5. The smallest absolute Gasteiger partial charge is 0.315 e. The lowest BCUT2D eigenvalue weighted by Gasteiger charge is -2.19. The normalized spacial score (nSPS) is 11.1. The molecule has 4 N–H and O–H groups in total. The minimum atomic E-state index is -0.178. The second-order valence-electron chi connectivity index (χ2n) is 7.61. The summed E-state index contributed by atoms with van der Waals surface area (Å²) in [5.41, 5.74) is 9.14. The first-order valence-corrected chi connectivity index (χ1v) is 9.41. The van der Waals surface area contributed by atoms with Gasteiger partial charge >= 0.3 is 6.03 Å². The molecular formula is C22H31N3O2. The highest BCUT2D eigenvalue weighted by Crippen LogP contribution is 2.24. The standard InChI is InChI=1S/C22H31N3O2/c1-22(2,3)19-8-10-20(11-9-19)27-13-5-12-24-21(26)25-16-18-7-4-6-17(14-18)15-23/h4,6-11,14H,5,12-13,15-16,23H2,1-3H3,(H2,24,25,26). The molecule has 0 radical (unpaired) electrons. The molecule has 2 amide bonds. The predicted octanol–water partition coefficient (Wildman–Crippen LogP) is 3.71. The highest BCUT2D eigenvalue weighted by Gasteiger charge is 2.12. The van der Waals surface area contributed by atoms with Gasteiger partial charge in [0.05, 0.1) is 6.61 Å². The van der Waals surface area contributed by atoms with Crippen molar-refractivity contribution in [1.82, 2.24) is 10.6 Å². The number of hydrogen-bond acceptors (Lipinski definition) is 3. The Kier molecular flexibility index (Phi) is 7.67. The van der Waals surface area contributed by atoms with Gasteiger partial charge in [-0.3, -0.25) is 0 Å². The molecule has 0 heterocycles. The van der Waals surface area contributed by atoms with Gasteiger partial charge in [-0.25, -0.2) is 4.79 Å². The Bertz CT molecular complexity index is 721. The molecule has 0 saturated heterocycles. The largest absolute Gasteiger partial charge is 0.494 e. The van der Waals surface area contributed by atoms with Gasteiger partial charge in [0.25, 0.3) is 0 Å². The average Bonchev–Trinajstić information content (AvgIpc) is 2.66. The van der Waals surface area contributed by atoms with E-state index in [4.69, 9.17) is 10.5 Å². The van der Waals surface area contributed by atoms with Gasteiger partial charge in [0.15, 0.2) is 0 Å². The Morgan fingerprint density at radius 3 is 2.41 bits per heavy atom. The Balaban J connectivity index is 1.61. The first-order chi connectivity index (χ1) is 12.9.